The quantitative estimate of drug-likeness (QED) is 0.683. The lowest BCUT2D eigenvalue weighted by atomic mass is 10.2. The highest BCUT2D eigenvalue weighted by Crippen LogP contribution is 2.24. The number of anilines is 1. The Morgan fingerprint density at radius 3 is 2.37 bits per heavy atom. The first kappa shape index (κ1) is 15.6. The third-order valence-corrected chi connectivity index (χ3v) is 2.95. The van der Waals surface area contributed by atoms with E-state index in [0.29, 0.717) is 10.7 Å². The normalized spacial score (nSPS) is 13.5. The van der Waals surface area contributed by atoms with E-state index in [0.717, 1.165) is 0 Å². The molecule has 6 nitrogen and oxygen atoms in total. The number of carbonyl (C=O) groups is 2. The average Bonchev–Trinajstić information content (AvgIpc) is 2.30. The summed E-state index contributed by atoms with van der Waals surface area (Å²) in [4.78, 5) is 22.3. The molecule has 1 rings (SSSR count). The lowest BCUT2D eigenvalue weighted by Gasteiger charge is -2.17. The second-order valence-corrected chi connectivity index (χ2v) is 4.60. The summed E-state index contributed by atoms with van der Waals surface area (Å²) in [5.74, 6) is -1.33. The smallest absolute Gasteiger partial charge is 0.328 e. The fourth-order valence-corrected chi connectivity index (χ4v) is 1.57. The molecule has 0 bridgehead atoms. The van der Waals surface area contributed by atoms with Crippen LogP contribution in [-0.4, -0.2) is 34.4 Å². The largest absolute Gasteiger partial charge is 0.480 e. The molecule has 2 amide bonds. The summed E-state index contributed by atoms with van der Waals surface area (Å²) in [7, 11) is 0. The van der Waals surface area contributed by atoms with Crippen molar-refractivity contribution in [1.82, 2.24) is 5.32 Å². The number of aliphatic hydroxyl groups is 1. The highest BCUT2D eigenvalue weighted by atomic mass is 35.5. The van der Waals surface area contributed by atoms with Gasteiger partial charge in [0.15, 0.2) is 6.04 Å². The maximum atomic E-state index is 11.6. The molecule has 1 aromatic carbocycles. The zero-order valence-corrected chi connectivity index (χ0v) is 11.4. The summed E-state index contributed by atoms with van der Waals surface area (Å²) in [6, 6.07) is 2.24. The van der Waals surface area contributed by atoms with E-state index in [-0.39, 0.29) is 5.02 Å². The molecular formula is C11H12Cl2N2O4. The number of aliphatic hydroxyl groups excluding tert-OH is 1. The van der Waals surface area contributed by atoms with Crippen molar-refractivity contribution in [3.05, 3.63) is 28.2 Å². The predicted octanol–water partition coefficient (Wildman–Crippen LogP) is 1.95. The molecule has 0 aliphatic rings. The number of amides is 2. The molecule has 0 aromatic heterocycles. The second kappa shape index (κ2) is 6.60. The van der Waals surface area contributed by atoms with E-state index in [1.165, 1.54) is 25.1 Å². The molecule has 0 radical (unpaired) electrons. The first-order chi connectivity index (χ1) is 8.81. The number of benzene rings is 1. The Bertz CT molecular complexity index is 494. The van der Waals surface area contributed by atoms with E-state index in [1.807, 2.05) is 0 Å². The number of nitrogens with one attached hydrogen (secondary N) is 2. The molecule has 0 heterocycles. The second-order valence-electron chi connectivity index (χ2n) is 3.78. The predicted molar refractivity (Wildman–Crippen MR) is 71.7 cm³/mol. The van der Waals surface area contributed by atoms with Crippen LogP contribution in [-0.2, 0) is 4.79 Å². The van der Waals surface area contributed by atoms with E-state index < -0.39 is 24.1 Å². The lowest BCUT2D eigenvalue weighted by Crippen LogP contribution is -2.49. The van der Waals surface area contributed by atoms with Gasteiger partial charge in [0.05, 0.1) is 16.1 Å². The first-order valence-electron chi connectivity index (χ1n) is 5.24. The van der Waals surface area contributed by atoms with Crippen molar-refractivity contribution in [3.63, 3.8) is 0 Å². The summed E-state index contributed by atoms with van der Waals surface area (Å²) in [5.41, 5.74) is 0.349. The van der Waals surface area contributed by atoms with Crippen LogP contribution in [0.5, 0.6) is 0 Å². The number of hydrogen-bond donors (Lipinski definition) is 4. The molecule has 0 aliphatic heterocycles. The molecule has 0 aliphatic carbocycles. The topological polar surface area (TPSA) is 98.7 Å². The van der Waals surface area contributed by atoms with Crippen LogP contribution in [0.3, 0.4) is 0 Å². The van der Waals surface area contributed by atoms with Gasteiger partial charge in [-0.05, 0) is 25.1 Å². The Balaban J connectivity index is 2.69. The van der Waals surface area contributed by atoms with Crippen LogP contribution in [0.2, 0.25) is 10.0 Å². The van der Waals surface area contributed by atoms with Crippen molar-refractivity contribution >= 4 is 40.9 Å². The molecular weight excluding hydrogens is 295 g/mol. The third-order valence-electron chi connectivity index (χ3n) is 2.21. The molecule has 0 spiro atoms. The minimum atomic E-state index is -1.40. The summed E-state index contributed by atoms with van der Waals surface area (Å²) < 4.78 is 0. The minimum absolute atomic E-state index is 0.254. The van der Waals surface area contributed by atoms with Crippen LogP contribution in [0.25, 0.3) is 0 Å². The molecule has 19 heavy (non-hydrogen) atoms. The zero-order chi connectivity index (χ0) is 14.6. The molecule has 4 N–H and O–H groups in total. The van der Waals surface area contributed by atoms with Crippen molar-refractivity contribution in [1.29, 1.82) is 0 Å². The van der Waals surface area contributed by atoms with Gasteiger partial charge in [-0.1, -0.05) is 23.2 Å². The maximum Gasteiger partial charge on any atom is 0.328 e. The van der Waals surface area contributed by atoms with Crippen molar-refractivity contribution in [2.45, 2.75) is 19.1 Å². The minimum Gasteiger partial charge on any atom is -0.480 e. The number of urea groups is 1. The zero-order valence-electron chi connectivity index (χ0n) is 9.85. The van der Waals surface area contributed by atoms with Gasteiger partial charge in [0.2, 0.25) is 0 Å². The van der Waals surface area contributed by atoms with Crippen molar-refractivity contribution < 1.29 is 19.8 Å². The van der Waals surface area contributed by atoms with E-state index in [9.17, 15) is 14.7 Å². The van der Waals surface area contributed by atoms with Gasteiger partial charge >= 0.3 is 12.0 Å². The SMILES string of the molecule is CC(O)C(NC(=O)Nc1ccc(Cl)c(Cl)c1)C(=O)O. The van der Waals surface area contributed by atoms with E-state index >= 15 is 0 Å². The lowest BCUT2D eigenvalue weighted by molar-refractivity contribution is -0.141. The fraction of sp³-hybridized carbons (Fsp3) is 0.273. The summed E-state index contributed by atoms with van der Waals surface area (Å²) >= 11 is 11.5. The molecule has 2 atom stereocenters. The number of carbonyl (C=O) groups excluding carboxylic acids is 1. The molecule has 1 aromatic rings. The molecule has 2 unspecified atom stereocenters. The first-order valence-corrected chi connectivity index (χ1v) is 6.00. The van der Waals surface area contributed by atoms with Crippen LogP contribution in [0.15, 0.2) is 18.2 Å². The van der Waals surface area contributed by atoms with E-state index in [2.05, 4.69) is 10.6 Å². The van der Waals surface area contributed by atoms with E-state index in [4.69, 9.17) is 28.3 Å². The van der Waals surface area contributed by atoms with Gasteiger partial charge in [-0.3, -0.25) is 0 Å². The van der Waals surface area contributed by atoms with Gasteiger partial charge in [-0.2, -0.15) is 0 Å². The number of carboxylic acids is 1. The summed E-state index contributed by atoms with van der Waals surface area (Å²) in [6.07, 6.45) is -1.22. The summed E-state index contributed by atoms with van der Waals surface area (Å²) in [5, 5.41) is 23.1. The van der Waals surface area contributed by atoms with Gasteiger partial charge < -0.3 is 20.8 Å². The Kier molecular flexibility index (Phi) is 5.41. The Labute approximate surface area is 119 Å². The van der Waals surface area contributed by atoms with Gasteiger partial charge in [0, 0.05) is 5.69 Å². The van der Waals surface area contributed by atoms with Gasteiger partial charge in [-0.15, -0.1) is 0 Å². The van der Waals surface area contributed by atoms with Crippen molar-refractivity contribution in [2.75, 3.05) is 5.32 Å². The van der Waals surface area contributed by atoms with Crippen LogP contribution >= 0.6 is 23.2 Å². The van der Waals surface area contributed by atoms with Crippen LogP contribution < -0.4 is 10.6 Å². The standard InChI is InChI=1S/C11H12Cl2N2O4/c1-5(16)9(10(17)18)15-11(19)14-6-2-3-7(12)8(13)4-6/h2-5,9,16H,1H3,(H,17,18)(H2,14,15,19). The van der Waals surface area contributed by atoms with E-state index in [1.54, 1.807) is 0 Å². The van der Waals surface area contributed by atoms with Crippen LogP contribution in [0.1, 0.15) is 6.92 Å². The maximum absolute atomic E-state index is 11.6. The van der Waals surface area contributed by atoms with Crippen LogP contribution in [0, 0.1) is 0 Å². The van der Waals surface area contributed by atoms with Crippen molar-refractivity contribution in [2.24, 2.45) is 0 Å². The number of carboxylic acid groups (broad SMARTS) is 1. The Hall–Kier alpha value is -1.50. The highest BCUT2D eigenvalue weighted by molar-refractivity contribution is 6.42. The number of aliphatic carboxylic acids is 1. The van der Waals surface area contributed by atoms with Gasteiger partial charge in [-0.25, -0.2) is 9.59 Å². The fourth-order valence-electron chi connectivity index (χ4n) is 1.27. The van der Waals surface area contributed by atoms with Gasteiger partial charge in [0.25, 0.3) is 0 Å². The third kappa shape index (κ3) is 4.59. The Morgan fingerprint density at radius 2 is 1.89 bits per heavy atom. The average molecular weight is 307 g/mol. The molecule has 8 heteroatoms. The molecule has 104 valence electrons. The molecule has 0 saturated heterocycles. The monoisotopic (exact) mass is 306 g/mol. The van der Waals surface area contributed by atoms with Crippen LogP contribution in [0.4, 0.5) is 10.5 Å². The Morgan fingerprint density at radius 1 is 1.26 bits per heavy atom. The molecule has 0 saturated carbocycles. The number of rotatable bonds is 4. The molecule has 0 fully saturated rings. The summed E-state index contributed by atoms with van der Waals surface area (Å²) in [6.45, 7) is 1.26. The van der Waals surface area contributed by atoms with Gasteiger partial charge in [0.1, 0.15) is 0 Å². The van der Waals surface area contributed by atoms with Crippen molar-refractivity contribution in [3.8, 4) is 0 Å². The number of halogens is 2. The number of hydrogen-bond acceptors (Lipinski definition) is 3. The highest BCUT2D eigenvalue weighted by Gasteiger charge is 2.24.